The molecule has 0 spiro atoms. The van der Waals surface area contributed by atoms with Crippen LogP contribution in [0, 0.1) is 6.08 Å². The van der Waals surface area contributed by atoms with Crippen molar-refractivity contribution in [3.8, 4) is 0 Å². The first-order chi connectivity index (χ1) is 3.47. The second kappa shape index (κ2) is 0.764. The molecule has 0 unspecified atom stereocenters. The van der Waals surface area contributed by atoms with Crippen LogP contribution in [0.1, 0.15) is 0 Å². The molecule has 0 nitrogen and oxygen atoms in total. The lowest BCUT2D eigenvalue weighted by Crippen LogP contribution is -1.59. The first-order valence-corrected chi connectivity index (χ1v) is 2.24. The predicted octanol–water partition coefficient (Wildman–Crippen LogP) is 1.38. The van der Waals surface area contributed by atoms with Gasteiger partial charge in [0, 0.05) is 11.8 Å². The van der Waals surface area contributed by atoms with Gasteiger partial charge in [0.15, 0.2) is 11.1 Å². The Morgan fingerprint density at radius 3 is 3.14 bits per heavy atom. The van der Waals surface area contributed by atoms with E-state index in [1.165, 1.54) is 11.1 Å². The van der Waals surface area contributed by atoms with E-state index in [0.717, 1.165) is 0 Å². The molecule has 0 aromatic heterocycles. The molecule has 0 radical (unpaired) electrons. The van der Waals surface area contributed by atoms with Gasteiger partial charge in [-0.3, -0.25) is 0 Å². The molecule has 0 bridgehead atoms. The zero-order valence-corrected chi connectivity index (χ0v) is 3.73. The third-order valence-corrected chi connectivity index (χ3v) is 1.06. The maximum absolute atomic E-state index is 3.04. The van der Waals surface area contributed by atoms with Gasteiger partial charge in [0.25, 0.3) is 0 Å². The van der Waals surface area contributed by atoms with Crippen molar-refractivity contribution >= 4 is 0 Å². The highest BCUT2D eigenvalue weighted by atomic mass is 14.1. The van der Waals surface area contributed by atoms with Gasteiger partial charge in [0.05, 0.1) is 18.2 Å². The summed E-state index contributed by atoms with van der Waals surface area (Å²) >= 11 is 0. The van der Waals surface area contributed by atoms with Gasteiger partial charge in [0.1, 0.15) is 0 Å². The Morgan fingerprint density at radius 1 is 1.57 bits per heavy atom. The fraction of sp³-hybridized carbons (Fsp3) is 0. The molecule has 2 aliphatic carbocycles. The molecule has 0 N–H and O–H groups in total. The molecular weight excluding hydrogens is 84.1 g/mol. The van der Waals surface area contributed by atoms with E-state index in [4.69, 9.17) is 0 Å². The van der Waals surface area contributed by atoms with Gasteiger partial charge in [-0.1, -0.05) is 0 Å². The SMILES string of the molecule is C1=CC=[C+]C2=CC=12. The molecular formula is C7H3+. The van der Waals surface area contributed by atoms with Gasteiger partial charge in [-0.25, -0.2) is 0 Å². The molecule has 0 aromatic carbocycles. The van der Waals surface area contributed by atoms with Crippen molar-refractivity contribution in [2.45, 2.75) is 0 Å². The summed E-state index contributed by atoms with van der Waals surface area (Å²) in [5, 5.41) is 0. The average molecular weight is 87.1 g/mol. The molecule has 30 valence electrons. The standard InChI is InChI=1S/C7H3/c1-2-4-7-5-6(7)3-1/h1-2,5H/q+1. The Labute approximate surface area is 42.2 Å². The number of rotatable bonds is 0. The van der Waals surface area contributed by atoms with Crippen LogP contribution in [0.4, 0.5) is 0 Å². The first-order valence-electron chi connectivity index (χ1n) is 2.24. The van der Waals surface area contributed by atoms with Crippen molar-refractivity contribution in [1.82, 2.24) is 0 Å². The predicted molar refractivity (Wildman–Crippen MR) is 27.5 cm³/mol. The Hall–Kier alpha value is -1.09. The van der Waals surface area contributed by atoms with E-state index in [1.54, 1.807) is 0 Å². The quantitative estimate of drug-likeness (QED) is 0.309. The van der Waals surface area contributed by atoms with Crippen molar-refractivity contribution < 1.29 is 0 Å². The molecule has 0 amide bonds. The molecule has 2 aliphatic rings. The minimum absolute atomic E-state index is 1.22. The molecule has 0 saturated heterocycles. The van der Waals surface area contributed by atoms with E-state index >= 15 is 0 Å². The van der Waals surface area contributed by atoms with Gasteiger partial charge in [-0.15, -0.1) is 0 Å². The fourth-order valence-corrected chi connectivity index (χ4v) is 0.610. The lowest BCUT2D eigenvalue weighted by atomic mass is 10.3. The summed E-state index contributed by atoms with van der Waals surface area (Å²) in [5.74, 6) is 0. The number of hydrogen-bond acceptors (Lipinski definition) is 0. The summed E-state index contributed by atoms with van der Waals surface area (Å²) in [5.41, 5.74) is 5.49. The summed E-state index contributed by atoms with van der Waals surface area (Å²) in [4.78, 5) is 0. The fourth-order valence-electron chi connectivity index (χ4n) is 0.610. The van der Waals surface area contributed by atoms with Gasteiger partial charge in [-0.05, 0) is 0 Å². The van der Waals surface area contributed by atoms with E-state index < -0.39 is 0 Å². The van der Waals surface area contributed by atoms with E-state index in [9.17, 15) is 0 Å². The molecule has 0 saturated carbocycles. The summed E-state index contributed by atoms with van der Waals surface area (Å²) in [6.45, 7) is 0. The maximum atomic E-state index is 3.04. The van der Waals surface area contributed by atoms with Crippen LogP contribution < -0.4 is 0 Å². The monoisotopic (exact) mass is 87.0 g/mol. The summed E-state index contributed by atoms with van der Waals surface area (Å²) in [7, 11) is 0. The van der Waals surface area contributed by atoms with Crippen molar-refractivity contribution in [2.24, 2.45) is 0 Å². The van der Waals surface area contributed by atoms with Crippen LogP contribution in [-0.4, -0.2) is 0 Å². The molecule has 0 fully saturated rings. The van der Waals surface area contributed by atoms with Crippen molar-refractivity contribution in [1.29, 1.82) is 0 Å². The number of allylic oxidation sites excluding steroid dienone is 5. The molecule has 2 rings (SSSR count). The Kier molecular flexibility index (Phi) is 0.326. The Balaban J connectivity index is 2.69. The summed E-state index contributed by atoms with van der Waals surface area (Å²) in [6, 6.07) is 0. The van der Waals surface area contributed by atoms with Crippen LogP contribution in [0.2, 0.25) is 0 Å². The van der Waals surface area contributed by atoms with Crippen LogP contribution in [0.3, 0.4) is 0 Å². The first kappa shape index (κ1) is 2.98. The highest BCUT2D eigenvalue weighted by Crippen LogP contribution is 2.28. The molecule has 0 heterocycles. The topological polar surface area (TPSA) is 0 Å². The minimum Gasteiger partial charge on any atom is 0.00329 e. The van der Waals surface area contributed by atoms with Crippen LogP contribution in [-0.2, 0) is 0 Å². The summed E-state index contributed by atoms with van der Waals surface area (Å²) < 4.78 is 0. The smallest absolute Gasteiger partial charge is 0.00329 e. The second-order valence-electron chi connectivity index (χ2n) is 1.59. The van der Waals surface area contributed by atoms with Gasteiger partial charge in [0.2, 0.25) is 0 Å². The molecule has 0 aromatic rings. The number of hydrogen-bond donors (Lipinski definition) is 0. The largest absolute Gasteiger partial charge is 0.184 e. The average Bonchev–Trinajstić information content (AvgIpc) is 2.41. The lowest BCUT2D eigenvalue weighted by molar-refractivity contribution is 1.72. The third-order valence-electron chi connectivity index (χ3n) is 1.06. The van der Waals surface area contributed by atoms with E-state index in [1.807, 2.05) is 12.2 Å². The zero-order valence-electron chi connectivity index (χ0n) is 3.73. The third kappa shape index (κ3) is 0.293. The normalized spacial score (nSPS) is 19.4. The maximum Gasteiger partial charge on any atom is 0.184 e. The van der Waals surface area contributed by atoms with E-state index in [0.29, 0.717) is 0 Å². The zero-order chi connectivity index (χ0) is 4.69. The lowest BCUT2D eigenvalue weighted by Gasteiger charge is -1.63. The van der Waals surface area contributed by atoms with Crippen LogP contribution >= 0.6 is 0 Å². The van der Waals surface area contributed by atoms with Crippen molar-refractivity contribution in [2.75, 3.05) is 0 Å². The molecule has 0 atom stereocenters. The summed E-state index contributed by atoms with van der Waals surface area (Å²) in [6.07, 6.45) is 8.85. The molecule has 7 heavy (non-hydrogen) atoms. The van der Waals surface area contributed by atoms with Crippen LogP contribution in [0.15, 0.2) is 35.1 Å². The minimum atomic E-state index is 1.22. The van der Waals surface area contributed by atoms with Crippen molar-refractivity contribution in [3.05, 3.63) is 41.2 Å². The van der Waals surface area contributed by atoms with E-state index in [-0.39, 0.29) is 0 Å². The van der Waals surface area contributed by atoms with E-state index in [2.05, 4.69) is 17.9 Å². The Bertz CT molecular complexity index is 218. The Morgan fingerprint density at radius 2 is 2.57 bits per heavy atom. The molecule has 0 heteroatoms. The van der Waals surface area contributed by atoms with Crippen molar-refractivity contribution in [3.63, 3.8) is 0 Å². The van der Waals surface area contributed by atoms with Gasteiger partial charge in [-0.2, -0.15) is 0 Å². The number of fused-ring (bicyclic) bond motifs is 1. The van der Waals surface area contributed by atoms with Gasteiger partial charge >= 0.3 is 0 Å². The molecule has 0 aliphatic heterocycles. The second-order valence-corrected chi connectivity index (χ2v) is 1.59. The van der Waals surface area contributed by atoms with Crippen LogP contribution in [0.25, 0.3) is 0 Å². The highest BCUT2D eigenvalue weighted by Gasteiger charge is 2.26. The van der Waals surface area contributed by atoms with Crippen LogP contribution in [0.5, 0.6) is 0 Å². The highest BCUT2D eigenvalue weighted by molar-refractivity contribution is 5.62. The van der Waals surface area contributed by atoms with Gasteiger partial charge < -0.3 is 0 Å².